The van der Waals surface area contributed by atoms with Gasteiger partial charge in [-0.3, -0.25) is 10.1 Å². The molecule has 1 aliphatic heterocycles. The van der Waals surface area contributed by atoms with E-state index < -0.39 is 0 Å². The lowest BCUT2D eigenvalue weighted by molar-refractivity contribution is -0.385. The molecular weight excluding hydrogens is 220 g/mol. The predicted molar refractivity (Wildman–Crippen MR) is 63.9 cm³/mol. The molecule has 1 heterocycles. The molecule has 1 aromatic carbocycles. The molecule has 0 aliphatic carbocycles. The number of nitro groups is 1. The zero-order valence-electron chi connectivity index (χ0n) is 9.58. The SMILES string of the molecule is O=[N+]([O-])c1ccccc1CCN1CC[C@H](O)C1. The molecule has 1 saturated heterocycles. The molecule has 2 rings (SSSR count). The monoisotopic (exact) mass is 236 g/mol. The fourth-order valence-electron chi connectivity index (χ4n) is 2.19. The van der Waals surface area contributed by atoms with E-state index in [1.54, 1.807) is 12.1 Å². The van der Waals surface area contributed by atoms with Gasteiger partial charge in [-0.2, -0.15) is 0 Å². The van der Waals surface area contributed by atoms with Crippen molar-refractivity contribution in [2.24, 2.45) is 0 Å². The maximum Gasteiger partial charge on any atom is 0.272 e. The number of hydrogen-bond acceptors (Lipinski definition) is 4. The summed E-state index contributed by atoms with van der Waals surface area (Å²) in [5.41, 5.74) is 0.950. The lowest BCUT2D eigenvalue weighted by Crippen LogP contribution is -2.24. The number of hydrogen-bond donors (Lipinski definition) is 1. The summed E-state index contributed by atoms with van der Waals surface area (Å²) in [6.07, 6.45) is 1.22. The molecule has 1 fully saturated rings. The summed E-state index contributed by atoms with van der Waals surface area (Å²) in [7, 11) is 0. The van der Waals surface area contributed by atoms with E-state index in [1.165, 1.54) is 6.07 Å². The molecule has 0 spiro atoms. The number of aliphatic hydroxyl groups excluding tert-OH is 1. The van der Waals surface area contributed by atoms with Gasteiger partial charge in [0, 0.05) is 31.3 Å². The first kappa shape index (κ1) is 12.0. The van der Waals surface area contributed by atoms with E-state index in [4.69, 9.17) is 0 Å². The van der Waals surface area contributed by atoms with E-state index in [1.807, 2.05) is 6.07 Å². The van der Waals surface area contributed by atoms with Crippen LogP contribution in [0.4, 0.5) is 5.69 Å². The lowest BCUT2D eigenvalue weighted by atomic mass is 10.1. The minimum absolute atomic E-state index is 0.187. The summed E-state index contributed by atoms with van der Waals surface area (Å²) in [4.78, 5) is 12.6. The standard InChI is InChI=1S/C12H16N2O3/c15-11-6-8-13(9-11)7-5-10-3-1-2-4-12(10)14(16)17/h1-4,11,15H,5-9H2/t11-/m0/s1. The van der Waals surface area contributed by atoms with Gasteiger partial charge in [0.05, 0.1) is 11.0 Å². The topological polar surface area (TPSA) is 66.6 Å². The number of rotatable bonds is 4. The van der Waals surface area contributed by atoms with Gasteiger partial charge in [0.25, 0.3) is 5.69 Å². The molecule has 0 aromatic heterocycles. The number of aliphatic hydroxyl groups is 1. The Hall–Kier alpha value is -1.46. The Bertz CT molecular complexity index is 408. The molecule has 5 nitrogen and oxygen atoms in total. The third kappa shape index (κ3) is 3.01. The van der Waals surface area contributed by atoms with Crippen LogP contribution in [0.25, 0.3) is 0 Å². The van der Waals surface area contributed by atoms with Crippen molar-refractivity contribution in [1.82, 2.24) is 4.90 Å². The summed E-state index contributed by atoms with van der Waals surface area (Å²) in [5.74, 6) is 0. The van der Waals surface area contributed by atoms with Crippen LogP contribution in [0.15, 0.2) is 24.3 Å². The van der Waals surface area contributed by atoms with E-state index in [2.05, 4.69) is 4.90 Å². The Morgan fingerprint density at radius 1 is 1.47 bits per heavy atom. The van der Waals surface area contributed by atoms with Crippen LogP contribution in [0.3, 0.4) is 0 Å². The summed E-state index contributed by atoms with van der Waals surface area (Å²) < 4.78 is 0. The maximum absolute atomic E-state index is 10.8. The van der Waals surface area contributed by atoms with Crippen LogP contribution in [0.1, 0.15) is 12.0 Å². The Labute approximate surface area is 99.8 Å². The van der Waals surface area contributed by atoms with Crippen LogP contribution in [-0.4, -0.2) is 40.7 Å². The fraction of sp³-hybridized carbons (Fsp3) is 0.500. The normalized spacial score (nSPS) is 20.6. The molecule has 1 aliphatic rings. The van der Waals surface area contributed by atoms with Gasteiger partial charge in [-0.25, -0.2) is 0 Å². The van der Waals surface area contributed by atoms with Gasteiger partial charge in [0.15, 0.2) is 0 Å². The van der Waals surface area contributed by atoms with E-state index in [-0.39, 0.29) is 16.7 Å². The maximum atomic E-state index is 10.8. The second kappa shape index (κ2) is 5.25. The van der Waals surface area contributed by atoms with E-state index >= 15 is 0 Å². The summed E-state index contributed by atoms with van der Waals surface area (Å²) >= 11 is 0. The molecule has 0 radical (unpaired) electrons. The summed E-state index contributed by atoms with van der Waals surface area (Å²) in [6.45, 7) is 2.32. The van der Waals surface area contributed by atoms with Gasteiger partial charge in [-0.1, -0.05) is 18.2 Å². The average Bonchev–Trinajstić information content (AvgIpc) is 2.73. The van der Waals surface area contributed by atoms with Crippen LogP contribution >= 0.6 is 0 Å². The molecular formula is C12H16N2O3. The van der Waals surface area contributed by atoms with Crippen molar-refractivity contribution in [3.05, 3.63) is 39.9 Å². The van der Waals surface area contributed by atoms with Crippen molar-refractivity contribution in [3.8, 4) is 0 Å². The minimum Gasteiger partial charge on any atom is -0.392 e. The third-order valence-electron chi connectivity index (χ3n) is 3.13. The van der Waals surface area contributed by atoms with E-state index in [0.29, 0.717) is 13.0 Å². The van der Waals surface area contributed by atoms with Gasteiger partial charge in [0.1, 0.15) is 0 Å². The number of para-hydroxylation sites is 1. The molecule has 0 unspecified atom stereocenters. The molecule has 5 heteroatoms. The molecule has 0 saturated carbocycles. The van der Waals surface area contributed by atoms with Crippen molar-refractivity contribution in [2.75, 3.05) is 19.6 Å². The first-order valence-electron chi connectivity index (χ1n) is 5.79. The molecule has 0 bridgehead atoms. The van der Waals surface area contributed by atoms with Crippen LogP contribution in [-0.2, 0) is 6.42 Å². The molecule has 1 aromatic rings. The highest BCUT2D eigenvalue weighted by Gasteiger charge is 2.20. The quantitative estimate of drug-likeness (QED) is 0.630. The Morgan fingerprint density at radius 3 is 2.88 bits per heavy atom. The Morgan fingerprint density at radius 2 is 2.24 bits per heavy atom. The summed E-state index contributed by atoms with van der Waals surface area (Å²) in [5, 5.41) is 20.2. The first-order valence-corrected chi connectivity index (χ1v) is 5.79. The lowest BCUT2D eigenvalue weighted by Gasteiger charge is -2.14. The highest BCUT2D eigenvalue weighted by Crippen LogP contribution is 2.19. The van der Waals surface area contributed by atoms with Gasteiger partial charge in [-0.15, -0.1) is 0 Å². The molecule has 1 atom stereocenters. The largest absolute Gasteiger partial charge is 0.392 e. The highest BCUT2D eigenvalue weighted by atomic mass is 16.6. The number of likely N-dealkylation sites (tertiary alicyclic amines) is 1. The summed E-state index contributed by atoms with van der Waals surface area (Å²) in [6, 6.07) is 6.83. The van der Waals surface area contributed by atoms with E-state index in [0.717, 1.165) is 25.1 Å². The molecule has 17 heavy (non-hydrogen) atoms. The van der Waals surface area contributed by atoms with Gasteiger partial charge < -0.3 is 10.0 Å². The van der Waals surface area contributed by atoms with Crippen molar-refractivity contribution < 1.29 is 10.0 Å². The van der Waals surface area contributed by atoms with Gasteiger partial charge in [-0.05, 0) is 12.8 Å². The third-order valence-corrected chi connectivity index (χ3v) is 3.13. The minimum atomic E-state index is -0.339. The van der Waals surface area contributed by atoms with Crippen molar-refractivity contribution in [1.29, 1.82) is 0 Å². The first-order chi connectivity index (χ1) is 8.16. The van der Waals surface area contributed by atoms with Crippen molar-refractivity contribution in [2.45, 2.75) is 18.9 Å². The van der Waals surface area contributed by atoms with Crippen LogP contribution in [0.2, 0.25) is 0 Å². The van der Waals surface area contributed by atoms with Gasteiger partial charge in [0.2, 0.25) is 0 Å². The van der Waals surface area contributed by atoms with Crippen molar-refractivity contribution >= 4 is 5.69 Å². The molecule has 92 valence electrons. The fourth-order valence-corrected chi connectivity index (χ4v) is 2.19. The number of nitro benzene ring substituents is 1. The second-order valence-corrected chi connectivity index (χ2v) is 4.38. The zero-order chi connectivity index (χ0) is 12.3. The van der Waals surface area contributed by atoms with E-state index in [9.17, 15) is 15.2 Å². The number of benzene rings is 1. The zero-order valence-corrected chi connectivity index (χ0v) is 9.58. The van der Waals surface area contributed by atoms with Gasteiger partial charge >= 0.3 is 0 Å². The molecule has 1 N–H and O–H groups in total. The average molecular weight is 236 g/mol. The van der Waals surface area contributed by atoms with Crippen LogP contribution < -0.4 is 0 Å². The number of β-amino-alcohol motifs (C(OH)–C–C–N with tert-alkyl or cyclic N) is 1. The smallest absolute Gasteiger partial charge is 0.272 e. The highest BCUT2D eigenvalue weighted by molar-refractivity contribution is 5.39. The van der Waals surface area contributed by atoms with Crippen LogP contribution in [0, 0.1) is 10.1 Å². The second-order valence-electron chi connectivity index (χ2n) is 4.38. The number of nitrogens with zero attached hydrogens (tertiary/aromatic N) is 2. The van der Waals surface area contributed by atoms with Crippen molar-refractivity contribution in [3.63, 3.8) is 0 Å². The predicted octanol–water partition coefficient (Wildman–Crippen LogP) is 1.20. The van der Waals surface area contributed by atoms with Crippen LogP contribution in [0.5, 0.6) is 0 Å². The Kier molecular flexibility index (Phi) is 3.71. The Balaban J connectivity index is 1.97. The molecule has 0 amide bonds.